The van der Waals surface area contributed by atoms with Crippen molar-refractivity contribution in [3.63, 3.8) is 0 Å². The number of hydrogen-bond donors (Lipinski definition) is 0. The minimum Gasteiger partial charge on any atom is -0.207 e. The molecule has 118 valence electrons. The number of benzene rings is 1. The first kappa shape index (κ1) is 16.9. The maximum atomic E-state index is 13.4. The standard InChI is InChI=1S/C15H21BrFNO2S/c1-11-9-13(17)10-12(2)15(11)21(19,20)18-8-4-3-5-14(18)6-7-16/h9-10,14H,3-8H2,1-2H3. The van der Waals surface area contributed by atoms with Gasteiger partial charge in [0.2, 0.25) is 10.0 Å². The van der Waals surface area contributed by atoms with Gasteiger partial charge in [-0.15, -0.1) is 0 Å². The van der Waals surface area contributed by atoms with Gasteiger partial charge in [0.15, 0.2) is 0 Å². The highest BCUT2D eigenvalue weighted by Gasteiger charge is 2.34. The Labute approximate surface area is 134 Å². The van der Waals surface area contributed by atoms with Crippen LogP contribution in [0.15, 0.2) is 17.0 Å². The number of sulfonamides is 1. The van der Waals surface area contributed by atoms with Gasteiger partial charge in [-0.25, -0.2) is 12.8 Å². The van der Waals surface area contributed by atoms with E-state index in [1.165, 1.54) is 12.1 Å². The molecule has 21 heavy (non-hydrogen) atoms. The van der Waals surface area contributed by atoms with Gasteiger partial charge in [0.05, 0.1) is 4.90 Å². The van der Waals surface area contributed by atoms with Crippen LogP contribution in [0, 0.1) is 19.7 Å². The first-order valence-electron chi connectivity index (χ1n) is 7.22. The molecule has 1 aromatic carbocycles. The summed E-state index contributed by atoms with van der Waals surface area (Å²) in [7, 11) is -3.57. The number of alkyl halides is 1. The van der Waals surface area contributed by atoms with Crippen molar-refractivity contribution in [3.8, 4) is 0 Å². The number of hydrogen-bond acceptors (Lipinski definition) is 2. The van der Waals surface area contributed by atoms with Crippen molar-refractivity contribution in [1.82, 2.24) is 4.31 Å². The molecular formula is C15H21BrFNO2S. The average Bonchev–Trinajstić information content (AvgIpc) is 2.37. The molecule has 1 aromatic rings. The van der Waals surface area contributed by atoms with E-state index in [4.69, 9.17) is 0 Å². The Hall–Kier alpha value is -0.460. The summed E-state index contributed by atoms with van der Waals surface area (Å²) in [6.07, 6.45) is 3.64. The first-order valence-corrected chi connectivity index (χ1v) is 9.78. The summed E-state index contributed by atoms with van der Waals surface area (Å²) < 4.78 is 41.1. The Morgan fingerprint density at radius 3 is 2.48 bits per heavy atom. The molecule has 0 radical (unpaired) electrons. The minimum absolute atomic E-state index is 0.0342. The molecule has 0 aromatic heterocycles. The summed E-state index contributed by atoms with van der Waals surface area (Å²) in [5.41, 5.74) is 0.964. The van der Waals surface area contributed by atoms with Crippen molar-refractivity contribution in [3.05, 3.63) is 29.1 Å². The van der Waals surface area contributed by atoms with Crippen LogP contribution in [-0.2, 0) is 10.0 Å². The lowest BCUT2D eigenvalue weighted by Gasteiger charge is -2.35. The summed E-state index contributed by atoms with van der Waals surface area (Å²) in [4.78, 5) is 0.269. The third-order valence-corrected chi connectivity index (χ3v) is 6.72. The lowest BCUT2D eigenvalue weighted by molar-refractivity contribution is 0.248. The van der Waals surface area contributed by atoms with E-state index in [1.807, 2.05) is 0 Å². The zero-order valence-corrected chi connectivity index (χ0v) is 14.8. The predicted octanol–water partition coefficient (Wildman–Crippen LogP) is 3.77. The average molecular weight is 378 g/mol. The minimum atomic E-state index is -3.57. The van der Waals surface area contributed by atoms with Gasteiger partial charge in [-0.05, 0) is 56.4 Å². The molecule has 1 saturated heterocycles. The number of aryl methyl sites for hydroxylation is 2. The number of halogens is 2. The molecule has 1 aliphatic rings. The van der Waals surface area contributed by atoms with Crippen LogP contribution >= 0.6 is 15.9 Å². The SMILES string of the molecule is Cc1cc(F)cc(C)c1S(=O)(=O)N1CCCCC1CCBr. The Balaban J connectivity index is 2.45. The van der Waals surface area contributed by atoms with E-state index in [-0.39, 0.29) is 16.8 Å². The zero-order chi connectivity index (χ0) is 15.6. The van der Waals surface area contributed by atoms with Crippen molar-refractivity contribution in [2.24, 2.45) is 0 Å². The van der Waals surface area contributed by atoms with Gasteiger partial charge >= 0.3 is 0 Å². The Bertz CT molecular complexity index is 593. The van der Waals surface area contributed by atoms with E-state index in [0.717, 1.165) is 31.0 Å². The van der Waals surface area contributed by atoms with Gasteiger partial charge in [0.1, 0.15) is 5.82 Å². The molecule has 1 fully saturated rings. The van der Waals surface area contributed by atoms with E-state index >= 15 is 0 Å². The topological polar surface area (TPSA) is 37.4 Å². The summed E-state index contributed by atoms with van der Waals surface area (Å²) >= 11 is 3.40. The molecule has 1 heterocycles. The highest BCUT2D eigenvalue weighted by Crippen LogP contribution is 2.31. The van der Waals surface area contributed by atoms with E-state index in [0.29, 0.717) is 17.7 Å². The largest absolute Gasteiger partial charge is 0.243 e. The van der Waals surface area contributed by atoms with Gasteiger partial charge in [-0.3, -0.25) is 0 Å². The van der Waals surface area contributed by atoms with Crippen molar-refractivity contribution >= 4 is 26.0 Å². The zero-order valence-electron chi connectivity index (χ0n) is 12.4. The molecule has 0 bridgehead atoms. The van der Waals surface area contributed by atoms with E-state index in [9.17, 15) is 12.8 Å². The third-order valence-electron chi connectivity index (χ3n) is 4.01. The van der Waals surface area contributed by atoms with E-state index in [2.05, 4.69) is 15.9 Å². The molecule has 1 atom stereocenters. The van der Waals surface area contributed by atoms with E-state index < -0.39 is 10.0 Å². The smallest absolute Gasteiger partial charge is 0.207 e. The summed E-state index contributed by atoms with van der Waals surface area (Å²) in [5, 5.41) is 0.783. The van der Waals surface area contributed by atoms with Crippen LogP contribution in [0.1, 0.15) is 36.8 Å². The molecular weight excluding hydrogens is 357 g/mol. The van der Waals surface area contributed by atoms with Gasteiger partial charge in [0.25, 0.3) is 0 Å². The third kappa shape index (κ3) is 3.48. The van der Waals surface area contributed by atoms with Crippen LogP contribution < -0.4 is 0 Å². The van der Waals surface area contributed by atoms with Crippen molar-refractivity contribution in [2.45, 2.75) is 50.5 Å². The molecule has 0 aliphatic carbocycles. The molecule has 0 N–H and O–H groups in total. The van der Waals surface area contributed by atoms with Gasteiger partial charge < -0.3 is 0 Å². The molecule has 0 spiro atoms. The second kappa shape index (κ2) is 6.75. The molecule has 6 heteroatoms. The molecule has 1 aliphatic heterocycles. The normalized spacial score (nSPS) is 20.7. The first-order chi connectivity index (χ1) is 9.87. The summed E-state index contributed by atoms with van der Waals surface area (Å²) in [6.45, 7) is 3.87. The van der Waals surface area contributed by atoms with Gasteiger partial charge in [0, 0.05) is 17.9 Å². The van der Waals surface area contributed by atoms with Crippen LogP contribution in [0.5, 0.6) is 0 Å². The fourth-order valence-corrected chi connectivity index (χ4v) is 5.79. The highest BCUT2D eigenvalue weighted by atomic mass is 79.9. The Kier molecular flexibility index (Phi) is 5.43. The Morgan fingerprint density at radius 1 is 1.29 bits per heavy atom. The molecule has 2 rings (SSSR count). The van der Waals surface area contributed by atoms with Crippen molar-refractivity contribution in [2.75, 3.05) is 11.9 Å². The van der Waals surface area contributed by atoms with E-state index in [1.54, 1.807) is 18.2 Å². The molecule has 0 saturated carbocycles. The number of nitrogens with zero attached hydrogens (tertiary/aromatic N) is 1. The second-order valence-corrected chi connectivity index (χ2v) is 8.23. The number of piperidine rings is 1. The fraction of sp³-hybridized carbons (Fsp3) is 0.600. The van der Waals surface area contributed by atoms with Gasteiger partial charge in [-0.1, -0.05) is 22.4 Å². The quantitative estimate of drug-likeness (QED) is 0.748. The fourth-order valence-electron chi connectivity index (χ4n) is 3.13. The van der Waals surface area contributed by atoms with Crippen molar-refractivity contribution < 1.29 is 12.8 Å². The summed E-state index contributed by atoms with van der Waals surface area (Å²) in [5.74, 6) is -0.389. The van der Waals surface area contributed by atoms with Crippen LogP contribution in [0.2, 0.25) is 0 Å². The van der Waals surface area contributed by atoms with Crippen molar-refractivity contribution in [1.29, 1.82) is 0 Å². The monoisotopic (exact) mass is 377 g/mol. The lowest BCUT2D eigenvalue weighted by atomic mass is 10.0. The van der Waals surface area contributed by atoms with Crippen LogP contribution in [0.4, 0.5) is 4.39 Å². The van der Waals surface area contributed by atoms with Crippen LogP contribution in [0.3, 0.4) is 0 Å². The molecule has 3 nitrogen and oxygen atoms in total. The maximum Gasteiger partial charge on any atom is 0.243 e. The second-order valence-electron chi connectivity index (χ2n) is 5.61. The lowest BCUT2D eigenvalue weighted by Crippen LogP contribution is -2.44. The molecule has 1 unspecified atom stereocenters. The van der Waals surface area contributed by atoms with Crippen LogP contribution in [0.25, 0.3) is 0 Å². The predicted molar refractivity (Wildman–Crippen MR) is 85.8 cm³/mol. The Morgan fingerprint density at radius 2 is 1.90 bits per heavy atom. The van der Waals surface area contributed by atoms with Gasteiger partial charge in [-0.2, -0.15) is 4.31 Å². The van der Waals surface area contributed by atoms with Crippen LogP contribution in [-0.4, -0.2) is 30.6 Å². The maximum absolute atomic E-state index is 13.4. The number of rotatable bonds is 4. The highest BCUT2D eigenvalue weighted by molar-refractivity contribution is 9.09. The molecule has 0 amide bonds. The summed E-state index contributed by atoms with van der Waals surface area (Å²) in [6, 6.07) is 2.62.